The quantitative estimate of drug-likeness (QED) is 0.924. The second-order valence-corrected chi connectivity index (χ2v) is 5.00. The largest absolute Gasteiger partial charge is 0.480 e. The van der Waals surface area contributed by atoms with Crippen molar-refractivity contribution in [1.29, 1.82) is 0 Å². The molecule has 1 N–H and O–H groups in total. The molecule has 2 rings (SSSR count). The van der Waals surface area contributed by atoms with Crippen LogP contribution in [0.4, 0.5) is 18.9 Å². The van der Waals surface area contributed by atoms with E-state index in [9.17, 15) is 18.0 Å². The minimum atomic E-state index is -4.41. The molecule has 1 aliphatic rings. The summed E-state index contributed by atoms with van der Waals surface area (Å²) >= 11 is 0. The summed E-state index contributed by atoms with van der Waals surface area (Å²) < 4.78 is 43.8. The van der Waals surface area contributed by atoms with Crippen LogP contribution < -0.4 is 4.90 Å². The number of benzene rings is 1. The Morgan fingerprint density at radius 3 is 2.55 bits per heavy atom. The van der Waals surface area contributed by atoms with Crippen molar-refractivity contribution in [1.82, 2.24) is 0 Å². The summed E-state index contributed by atoms with van der Waals surface area (Å²) in [7, 11) is 0. The number of alkyl halides is 3. The Kier molecular flexibility index (Phi) is 3.64. The highest BCUT2D eigenvalue weighted by Crippen LogP contribution is 2.40. The maximum atomic E-state index is 12.9. The Bertz CT molecular complexity index is 510. The zero-order valence-corrected chi connectivity index (χ0v) is 10.8. The van der Waals surface area contributed by atoms with Gasteiger partial charge in [0.15, 0.2) is 0 Å². The minimum Gasteiger partial charge on any atom is -0.480 e. The van der Waals surface area contributed by atoms with Crippen molar-refractivity contribution < 1.29 is 27.8 Å². The first-order valence-electron chi connectivity index (χ1n) is 5.98. The van der Waals surface area contributed by atoms with Crippen molar-refractivity contribution in [3.05, 3.63) is 29.8 Å². The van der Waals surface area contributed by atoms with E-state index in [1.807, 2.05) is 0 Å². The third-order valence-electron chi connectivity index (χ3n) is 3.14. The number of anilines is 1. The monoisotopic (exact) mass is 289 g/mol. The van der Waals surface area contributed by atoms with E-state index >= 15 is 0 Å². The number of rotatable bonds is 4. The molecular weight excluding hydrogens is 275 g/mol. The smallest absolute Gasteiger partial charge is 0.418 e. The van der Waals surface area contributed by atoms with Gasteiger partial charge in [0.1, 0.15) is 12.2 Å². The van der Waals surface area contributed by atoms with E-state index < -0.39 is 29.9 Å². The van der Waals surface area contributed by atoms with E-state index in [1.54, 1.807) is 13.0 Å². The predicted octanol–water partition coefficient (Wildman–Crippen LogP) is 2.39. The lowest BCUT2D eigenvalue weighted by atomic mass is 9.94. The van der Waals surface area contributed by atoms with Gasteiger partial charge in [-0.1, -0.05) is 12.1 Å². The Morgan fingerprint density at radius 2 is 2.00 bits per heavy atom. The van der Waals surface area contributed by atoms with Gasteiger partial charge in [0, 0.05) is 18.8 Å². The van der Waals surface area contributed by atoms with Crippen LogP contribution in [0.2, 0.25) is 0 Å². The number of halogens is 3. The van der Waals surface area contributed by atoms with E-state index in [0.717, 1.165) is 6.07 Å². The summed E-state index contributed by atoms with van der Waals surface area (Å²) in [4.78, 5) is 12.0. The minimum absolute atomic E-state index is 0.0939. The van der Waals surface area contributed by atoms with Crippen LogP contribution in [-0.4, -0.2) is 36.4 Å². The summed E-state index contributed by atoms with van der Waals surface area (Å²) in [6.45, 7) is 1.69. The summed E-state index contributed by atoms with van der Waals surface area (Å²) in [5, 5.41) is 8.54. The van der Waals surface area contributed by atoms with Gasteiger partial charge in [0.05, 0.1) is 5.56 Å². The summed E-state index contributed by atoms with van der Waals surface area (Å²) in [5.41, 5.74) is -1.33. The van der Waals surface area contributed by atoms with Crippen LogP contribution >= 0.6 is 0 Å². The van der Waals surface area contributed by atoms with Gasteiger partial charge in [-0.05, 0) is 19.1 Å². The van der Waals surface area contributed by atoms with Gasteiger partial charge in [0.2, 0.25) is 0 Å². The fraction of sp³-hybridized carbons (Fsp3) is 0.462. The van der Waals surface area contributed by atoms with Gasteiger partial charge in [0.25, 0.3) is 0 Å². The van der Waals surface area contributed by atoms with E-state index in [0.29, 0.717) is 0 Å². The molecule has 0 aromatic heterocycles. The van der Waals surface area contributed by atoms with Crippen LogP contribution in [-0.2, 0) is 15.7 Å². The Hall–Kier alpha value is -1.76. The summed E-state index contributed by atoms with van der Waals surface area (Å²) in [5.74, 6) is -1.10. The number of ether oxygens (including phenoxy) is 1. The predicted molar refractivity (Wildman–Crippen MR) is 65.6 cm³/mol. The second-order valence-electron chi connectivity index (χ2n) is 5.00. The molecule has 0 radical (unpaired) electrons. The molecule has 0 aliphatic carbocycles. The van der Waals surface area contributed by atoms with E-state index in [1.165, 1.54) is 17.0 Å². The van der Waals surface area contributed by atoms with Crippen LogP contribution in [0.5, 0.6) is 0 Å². The zero-order valence-electron chi connectivity index (χ0n) is 10.8. The van der Waals surface area contributed by atoms with Gasteiger partial charge in [-0.2, -0.15) is 13.2 Å². The average Bonchev–Trinajstić information content (AvgIpc) is 2.32. The van der Waals surface area contributed by atoms with Gasteiger partial charge in [-0.3, -0.25) is 0 Å². The number of carboxylic acid groups (broad SMARTS) is 1. The number of nitrogens with zero attached hydrogens (tertiary/aromatic N) is 1. The average molecular weight is 289 g/mol. The van der Waals surface area contributed by atoms with Gasteiger partial charge < -0.3 is 14.7 Å². The lowest BCUT2D eigenvalue weighted by Gasteiger charge is -2.49. The first-order chi connectivity index (χ1) is 9.21. The molecule has 1 aromatic carbocycles. The van der Waals surface area contributed by atoms with Gasteiger partial charge in [-0.25, -0.2) is 4.79 Å². The van der Waals surface area contributed by atoms with E-state index in [4.69, 9.17) is 9.84 Å². The van der Waals surface area contributed by atoms with E-state index in [2.05, 4.69) is 0 Å². The Labute approximate surface area is 113 Å². The molecule has 110 valence electrons. The highest BCUT2D eigenvalue weighted by Gasteiger charge is 2.43. The van der Waals surface area contributed by atoms with Crippen LogP contribution in [0, 0.1) is 0 Å². The van der Waals surface area contributed by atoms with Gasteiger partial charge in [-0.15, -0.1) is 0 Å². The normalized spacial score (nSPS) is 17.7. The molecule has 20 heavy (non-hydrogen) atoms. The molecule has 1 saturated heterocycles. The molecule has 7 heteroatoms. The molecule has 1 fully saturated rings. The Balaban J connectivity index is 2.08. The molecule has 1 aliphatic heterocycles. The maximum Gasteiger partial charge on any atom is 0.418 e. The fourth-order valence-corrected chi connectivity index (χ4v) is 2.25. The molecular formula is C13H14F3NO3. The third-order valence-corrected chi connectivity index (χ3v) is 3.14. The third kappa shape index (κ3) is 3.04. The lowest BCUT2D eigenvalue weighted by molar-refractivity contribution is -0.150. The molecule has 0 atom stereocenters. The summed E-state index contributed by atoms with van der Waals surface area (Å²) in [6.07, 6.45) is -4.41. The number of carbonyl (C=O) groups is 1. The molecule has 0 unspecified atom stereocenters. The van der Waals surface area contributed by atoms with Gasteiger partial charge >= 0.3 is 12.1 Å². The molecule has 0 bridgehead atoms. The number of carboxylic acids is 1. The molecule has 1 heterocycles. The summed E-state index contributed by atoms with van der Waals surface area (Å²) in [6, 6.07) is 5.31. The SMILES string of the molecule is CC1(OCC(=O)O)CN(c2ccccc2C(F)(F)F)C1. The molecule has 1 aromatic rings. The number of para-hydroxylation sites is 1. The van der Waals surface area contributed by atoms with Crippen molar-refractivity contribution in [2.24, 2.45) is 0 Å². The molecule has 0 amide bonds. The van der Waals surface area contributed by atoms with Crippen molar-refractivity contribution in [2.75, 3.05) is 24.6 Å². The van der Waals surface area contributed by atoms with Crippen molar-refractivity contribution in [3.8, 4) is 0 Å². The highest BCUT2D eigenvalue weighted by atomic mass is 19.4. The van der Waals surface area contributed by atoms with Crippen molar-refractivity contribution in [2.45, 2.75) is 18.7 Å². The zero-order chi connectivity index (χ0) is 15.0. The van der Waals surface area contributed by atoms with Crippen molar-refractivity contribution >= 4 is 11.7 Å². The Morgan fingerprint density at radius 1 is 1.40 bits per heavy atom. The first-order valence-corrected chi connectivity index (χ1v) is 5.98. The standard InChI is InChI=1S/C13H14F3NO3/c1-12(20-6-11(18)19)7-17(8-12)10-5-3-2-4-9(10)13(14,15)16/h2-5H,6-8H2,1H3,(H,18,19). The number of hydrogen-bond donors (Lipinski definition) is 1. The van der Waals surface area contributed by atoms with E-state index in [-0.39, 0.29) is 18.8 Å². The fourth-order valence-electron chi connectivity index (χ4n) is 2.25. The topological polar surface area (TPSA) is 49.8 Å². The van der Waals surface area contributed by atoms with Crippen LogP contribution in [0.25, 0.3) is 0 Å². The second kappa shape index (κ2) is 4.97. The highest BCUT2D eigenvalue weighted by molar-refractivity contribution is 5.68. The van der Waals surface area contributed by atoms with Crippen LogP contribution in [0.15, 0.2) is 24.3 Å². The number of aliphatic carboxylic acids is 1. The number of hydrogen-bond acceptors (Lipinski definition) is 3. The molecule has 4 nitrogen and oxygen atoms in total. The molecule has 0 saturated carbocycles. The molecule has 0 spiro atoms. The lowest BCUT2D eigenvalue weighted by Crippen LogP contribution is -2.62. The first kappa shape index (κ1) is 14.6. The maximum absolute atomic E-state index is 12.9. The van der Waals surface area contributed by atoms with Crippen LogP contribution in [0.1, 0.15) is 12.5 Å². The van der Waals surface area contributed by atoms with Crippen molar-refractivity contribution in [3.63, 3.8) is 0 Å². The van der Waals surface area contributed by atoms with Crippen LogP contribution in [0.3, 0.4) is 0 Å².